The van der Waals surface area contributed by atoms with Gasteiger partial charge in [-0.25, -0.2) is 4.79 Å². The molecule has 0 spiro atoms. The summed E-state index contributed by atoms with van der Waals surface area (Å²) in [6.45, 7) is 8.30. The number of likely N-dealkylation sites (N-methyl/N-ethyl adjacent to an activating group) is 1. The summed E-state index contributed by atoms with van der Waals surface area (Å²) >= 11 is 0. The summed E-state index contributed by atoms with van der Waals surface area (Å²) in [6, 6.07) is 11.2. The highest BCUT2D eigenvalue weighted by Gasteiger charge is 2.38. The number of ether oxygens (including phenoxy) is 1. The van der Waals surface area contributed by atoms with E-state index in [2.05, 4.69) is 15.5 Å². The van der Waals surface area contributed by atoms with Crippen LogP contribution in [0.5, 0.6) is 5.75 Å². The standard InChI is InChI=1S/C32H46N4O7/c1-20-15-25(38)24(27-18-26(39)29(40)28(19-37)43-27)17-23(20)16-22-7-5-21(6-8-22)9-10-33-31(42)34-32(2,3)30(41)36-13-11-35(4)12-14-36/h5-8,15,17,26-29,37-40H,9-14,16,18-19H2,1-4H3,(H2,33,34,42)/t26-,27-,28-,29+/m1/s1. The number of phenols is 1. The van der Waals surface area contributed by atoms with Gasteiger partial charge in [0.05, 0.1) is 18.8 Å². The number of aromatic hydroxyl groups is 1. The molecule has 6 N–H and O–H groups in total. The number of hydrogen-bond donors (Lipinski definition) is 6. The number of piperazine rings is 1. The van der Waals surface area contributed by atoms with Gasteiger partial charge in [0.2, 0.25) is 5.91 Å². The van der Waals surface area contributed by atoms with Gasteiger partial charge in [0.15, 0.2) is 0 Å². The fraction of sp³-hybridized carbons (Fsp3) is 0.562. The van der Waals surface area contributed by atoms with Crippen LogP contribution in [-0.2, 0) is 22.4 Å². The lowest BCUT2D eigenvalue weighted by Crippen LogP contribution is -2.60. The van der Waals surface area contributed by atoms with Gasteiger partial charge in [0.25, 0.3) is 0 Å². The third-order valence-corrected chi connectivity index (χ3v) is 8.45. The van der Waals surface area contributed by atoms with Gasteiger partial charge in [-0.05, 0) is 75.0 Å². The first kappa shape index (κ1) is 32.7. The van der Waals surface area contributed by atoms with E-state index in [9.17, 15) is 30.0 Å². The Bertz CT molecular complexity index is 1260. The van der Waals surface area contributed by atoms with Crippen molar-refractivity contribution in [1.82, 2.24) is 20.4 Å². The number of carbonyl (C=O) groups is 2. The maximum atomic E-state index is 12.9. The van der Waals surface area contributed by atoms with Crippen molar-refractivity contribution in [3.63, 3.8) is 0 Å². The van der Waals surface area contributed by atoms with Crippen molar-refractivity contribution in [2.24, 2.45) is 0 Å². The molecule has 11 heteroatoms. The fourth-order valence-corrected chi connectivity index (χ4v) is 5.66. The summed E-state index contributed by atoms with van der Waals surface area (Å²) in [5, 5.41) is 46.1. The Morgan fingerprint density at radius 1 is 1.05 bits per heavy atom. The number of nitrogens with zero attached hydrogens (tertiary/aromatic N) is 2. The van der Waals surface area contributed by atoms with Crippen LogP contribution >= 0.6 is 0 Å². The monoisotopic (exact) mass is 598 g/mol. The Labute approximate surface area is 253 Å². The Hall–Kier alpha value is -3.22. The second kappa shape index (κ2) is 14.0. The molecule has 11 nitrogen and oxygen atoms in total. The Kier molecular flexibility index (Phi) is 10.7. The molecule has 2 aliphatic heterocycles. The zero-order valence-corrected chi connectivity index (χ0v) is 25.5. The van der Waals surface area contributed by atoms with Gasteiger partial charge >= 0.3 is 6.03 Å². The maximum absolute atomic E-state index is 12.9. The van der Waals surface area contributed by atoms with Crippen molar-refractivity contribution in [2.45, 2.75) is 70.0 Å². The first-order chi connectivity index (χ1) is 20.4. The molecule has 2 saturated heterocycles. The van der Waals surface area contributed by atoms with Crippen LogP contribution < -0.4 is 10.6 Å². The van der Waals surface area contributed by atoms with E-state index in [0.29, 0.717) is 38.0 Å². The van der Waals surface area contributed by atoms with Crippen molar-refractivity contribution in [1.29, 1.82) is 0 Å². The van der Waals surface area contributed by atoms with E-state index in [0.717, 1.165) is 35.3 Å². The molecule has 0 saturated carbocycles. The van der Waals surface area contributed by atoms with Gasteiger partial charge in [-0.2, -0.15) is 0 Å². The number of nitrogens with one attached hydrogen (secondary N) is 2. The number of amides is 3. The van der Waals surface area contributed by atoms with Crippen LogP contribution in [0.4, 0.5) is 4.79 Å². The molecular weight excluding hydrogens is 552 g/mol. The molecule has 236 valence electrons. The van der Waals surface area contributed by atoms with Crippen LogP contribution in [-0.4, -0.2) is 112 Å². The number of rotatable bonds is 9. The highest BCUT2D eigenvalue weighted by molar-refractivity contribution is 5.90. The molecule has 0 unspecified atom stereocenters. The number of phenolic OH excluding ortho intramolecular Hbond substituents is 1. The van der Waals surface area contributed by atoms with Crippen molar-refractivity contribution >= 4 is 11.9 Å². The average molecular weight is 599 g/mol. The summed E-state index contributed by atoms with van der Waals surface area (Å²) in [5.74, 6) is -0.0372. The summed E-state index contributed by atoms with van der Waals surface area (Å²) < 4.78 is 5.80. The average Bonchev–Trinajstić information content (AvgIpc) is 2.96. The van der Waals surface area contributed by atoms with Crippen LogP contribution in [0.3, 0.4) is 0 Å². The van der Waals surface area contributed by atoms with Crippen LogP contribution in [0.15, 0.2) is 36.4 Å². The van der Waals surface area contributed by atoms with E-state index < -0.39 is 36.6 Å². The SMILES string of the molecule is Cc1cc(O)c([C@H]2C[C@@H](O)[C@H](O)[C@@H](CO)O2)cc1Cc1ccc(CCNC(=O)NC(C)(C)C(=O)N2CCN(C)CC2)cc1. The summed E-state index contributed by atoms with van der Waals surface area (Å²) in [5.41, 5.74) is 3.52. The number of aliphatic hydroxyl groups is 3. The molecule has 4 atom stereocenters. The second-order valence-corrected chi connectivity index (χ2v) is 12.3. The fourth-order valence-electron chi connectivity index (χ4n) is 5.66. The van der Waals surface area contributed by atoms with E-state index in [4.69, 9.17) is 4.74 Å². The lowest BCUT2D eigenvalue weighted by Gasteiger charge is -2.37. The predicted octanol–water partition coefficient (Wildman–Crippen LogP) is 1.23. The number of urea groups is 1. The van der Waals surface area contributed by atoms with E-state index in [1.807, 2.05) is 44.3 Å². The molecule has 2 aliphatic rings. The molecule has 4 rings (SSSR count). The molecule has 2 aromatic carbocycles. The number of carbonyl (C=O) groups excluding carboxylic acids is 2. The lowest BCUT2D eigenvalue weighted by atomic mass is 9.90. The third-order valence-electron chi connectivity index (χ3n) is 8.45. The lowest BCUT2D eigenvalue weighted by molar-refractivity contribution is -0.181. The molecule has 3 amide bonds. The molecule has 43 heavy (non-hydrogen) atoms. The second-order valence-electron chi connectivity index (χ2n) is 12.3. The minimum atomic E-state index is -1.18. The number of aryl methyl sites for hydroxylation is 1. The van der Waals surface area contributed by atoms with Crippen molar-refractivity contribution in [3.05, 3.63) is 64.2 Å². The van der Waals surface area contributed by atoms with E-state index in [-0.39, 0.29) is 24.1 Å². The molecule has 0 aromatic heterocycles. The van der Waals surface area contributed by atoms with Gasteiger partial charge < -0.3 is 45.6 Å². The molecule has 2 aromatic rings. The minimum absolute atomic E-state index is 0.0468. The third kappa shape index (κ3) is 8.24. The molecule has 2 heterocycles. The van der Waals surface area contributed by atoms with Crippen LogP contribution in [0.25, 0.3) is 0 Å². The van der Waals surface area contributed by atoms with Crippen LogP contribution in [0.2, 0.25) is 0 Å². The smallest absolute Gasteiger partial charge is 0.315 e. The number of hydrogen-bond acceptors (Lipinski definition) is 8. The normalized spacial score (nSPS) is 23.2. The molecule has 0 radical (unpaired) electrons. The zero-order valence-electron chi connectivity index (χ0n) is 25.5. The highest BCUT2D eigenvalue weighted by Crippen LogP contribution is 2.38. The van der Waals surface area contributed by atoms with Crippen molar-refractivity contribution < 1.29 is 34.8 Å². The molecular formula is C32H46N4O7. The Morgan fingerprint density at radius 2 is 1.70 bits per heavy atom. The molecule has 0 aliphatic carbocycles. The highest BCUT2D eigenvalue weighted by atomic mass is 16.5. The van der Waals surface area contributed by atoms with Crippen LogP contribution in [0, 0.1) is 6.92 Å². The summed E-state index contributed by atoms with van der Waals surface area (Å²) in [6.07, 6.45) is -2.48. The summed E-state index contributed by atoms with van der Waals surface area (Å²) in [4.78, 5) is 29.4. The topological polar surface area (TPSA) is 155 Å². The van der Waals surface area contributed by atoms with E-state index in [1.54, 1.807) is 24.8 Å². The van der Waals surface area contributed by atoms with Gasteiger partial charge in [-0.15, -0.1) is 0 Å². The maximum Gasteiger partial charge on any atom is 0.315 e. The Balaban J connectivity index is 1.29. The van der Waals surface area contributed by atoms with Crippen molar-refractivity contribution in [3.8, 4) is 5.75 Å². The van der Waals surface area contributed by atoms with Crippen molar-refractivity contribution in [2.75, 3.05) is 46.4 Å². The number of benzene rings is 2. The van der Waals surface area contributed by atoms with E-state index >= 15 is 0 Å². The quantitative estimate of drug-likeness (QED) is 0.252. The summed E-state index contributed by atoms with van der Waals surface area (Å²) in [7, 11) is 2.03. The van der Waals surface area contributed by atoms with Gasteiger partial charge in [0, 0.05) is 44.7 Å². The van der Waals surface area contributed by atoms with Gasteiger partial charge in [-0.1, -0.05) is 24.3 Å². The largest absolute Gasteiger partial charge is 0.508 e. The Morgan fingerprint density at radius 3 is 2.35 bits per heavy atom. The predicted molar refractivity (Wildman–Crippen MR) is 162 cm³/mol. The molecule has 2 fully saturated rings. The van der Waals surface area contributed by atoms with Crippen LogP contribution in [0.1, 0.15) is 54.2 Å². The zero-order chi connectivity index (χ0) is 31.3. The minimum Gasteiger partial charge on any atom is -0.508 e. The van der Waals surface area contributed by atoms with Gasteiger partial charge in [-0.3, -0.25) is 4.79 Å². The first-order valence-corrected chi connectivity index (χ1v) is 14.9. The van der Waals surface area contributed by atoms with Gasteiger partial charge in [0.1, 0.15) is 23.5 Å². The number of aliphatic hydroxyl groups excluding tert-OH is 3. The molecule has 0 bridgehead atoms. The first-order valence-electron chi connectivity index (χ1n) is 14.9. The van der Waals surface area contributed by atoms with E-state index in [1.165, 1.54) is 0 Å².